The summed E-state index contributed by atoms with van der Waals surface area (Å²) in [7, 11) is 0. The maximum absolute atomic E-state index is 12.3. The fourth-order valence-electron chi connectivity index (χ4n) is 2.61. The van der Waals surface area contributed by atoms with Gasteiger partial charge in [-0.15, -0.1) is 0 Å². The van der Waals surface area contributed by atoms with Gasteiger partial charge in [-0.05, 0) is 45.2 Å². The Balaban J connectivity index is 1.98. The number of carbonyl (C=O) groups excluding carboxylic acids is 3. The lowest BCUT2D eigenvalue weighted by atomic mass is 10.1. The van der Waals surface area contributed by atoms with Crippen molar-refractivity contribution in [1.82, 2.24) is 5.32 Å². The average Bonchev–Trinajstić information content (AvgIpc) is 2.64. The quantitative estimate of drug-likeness (QED) is 0.853. The molecule has 0 atom stereocenters. The van der Waals surface area contributed by atoms with Crippen molar-refractivity contribution < 1.29 is 19.1 Å². The van der Waals surface area contributed by atoms with Crippen molar-refractivity contribution >= 4 is 23.5 Å². The average molecular weight is 332 g/mol. The van der Waals surface area contributed by atoms with Crippen LogP contribution in [0.4, 0.5) is 5.69 Å². The van der Waals surface area contributed by atoms with Gasteiger partial charge >= 0.3 is 5.97 Å². The first-order chi connectivity index (χ1) is 11.3. The van der Waals surface area contributed by atoms with Crippen LogP contribution in [0.15, 0.2) is 24.3 Å². The Kier molecular flexibility index (Phi) is 5.59. The number of hydrogen-bond acceptors (Lipinski definition) is 4. The van der Waals surface area contributed by atoms with E-state index in [9.17, 15) is 14.4 Å². The smallest absolute Gasteiger partial charge is 0.325 e. The first-order valence-corrected chi connectivity index (χ1v) is 8.13. The Morgan fingerprint density at radius 3 is 2.62 bits per heavy atom. The fraction of sp³-hybridized carbons (Fsp3) is 0.500. The molecule has 2 rings (SSSR count). The molecular formula is C18H24N2O4. The molecule has 2 amide bonds. The highest BCUT2D eigenvalue weighted by Crippen LogP contribution is 2.26. The molecular weight excluding hydrogens is 308 g/mol. The second kappa shape index (κ2) is 7.47. The summed E-state index contributed by atoms with van der Waals surface area (Å²) in [5, 5.41) is 2.52. The first-order valence-electron chi connectivity index (χ1n) is 8.13. The number of para-hydroxylation sites is 1. The van der Waals surface area contributed by atoms with Crippen LogP contribution in [0.25, 0.3) is 0 Å². The van der Waals surface area contributed by atoms with E-state index in [4.69, 9.17) is 4.74 Å². The summed E-state index contributed by atoms with van der Waals surface area (Å²) in [6.45, 7) is 4.98. The molecule has 0 aliphatic carbocycles. The van der Waals surface area contributed by atoms with Gasteiger partial charge in [-0.2, -0.15) is 0 Å². The monoisotopic (exact) mass is 332 g/mol. The van der Waals surface area contributed by atoms with Gasteiger partial charge in [0.05, 0.1) is 0 Å². The number of hydrogen-bond donors (Lipinski definition) is 1. The molecule has 1 aromatic carbocycles. The van der Waals surface area contributed by atoms with Crippen molar-refractivity contribution in [2.75, 3.05) is 18.0 Å². The van der Waals surface area contributed by atoms with Gasteiger partial charge in [0.2, 0.25) is 11.8 Å². The Morgan fingerprint density at radius 1 is 1.21 bits per heavy atom. The summed E-state index contributed by atoms with van der Waals surface area (Å²) in [5.41, 5.74) is 1.23. The van der Waals surface area contributed by atoms with Crippen LogP contribution in [0.2, 0.25) is 0 Å². The zero-order valence-electron chi connectivity index (χ0n) is 14.4. The van der Waals surface area contributed by atoms with Crippen LogP contribution in [0.1, 0.15) is 39.2 Å². The summed E-state index contributed by atoms with van der Waals surface area (Å²) in [5.74, 6) is -0.961. The highest BCUT2D eigenvalue weighted by atomic mass is 16.6. The number of ether oxygens (including phenoxy) is 1. The number of aryl methyl sites for hydroxylation is 1. The minimum atomic E-state index is -0.596. The number of nitrogens with one attached hydrogen (secondary N) is 1. The third-order valence-electron chi connectivity index (χ3n) is 3.57. The molecule has 0 unspecified atom stereocenters. The van der Waals surface area contributed by atoms with Crippen LogP contribution in [0, 0.1) is 0 Å². The second-order valence-corrected chi connectivity index (χ2v) is 6.83. The van der Waals surface area contributed by atoms with Crippen LogP contribution in [-0.4, -0.2) is 36.5 Å². The molecule has 0 saturated carbocycles. The van der Waals surface area contributed by atoms with E-state index in [-0.39, 0.29) is 24.9 Å². The Bertz CT molecular complexity index is 634. The third kappa shape index (κ3) is 5.08. The number of rotatable bonds is 4. The summed E-state index contributed by atoms with van der Waals surface area (Å²) >= 11 is 0. The zero-order valence-corrected chi connectivity index (χ0v) is 14.4. The van der Waals surface area contributed by atoms with Crippen molar-refractivity contribution in [3.63, 3.8) is 0 Å². The number of esters is 1. The molecule has 0 radical (unpaired) electrons. The van der Waals surface area contributed by atoms with Crippen molar-refractivity contribution in [2.45, 2.75) is 45.6 Å². The topological polar surface area (TPSA) is 75.7 Å². The van der Waals surface area contributed by atoms with Crippen molar-refractivity contribution in [3.8, 4) is 0 Å². The van der Waals surface area contributed by atoms with Gasteiger partial charge < -0.3 is 15.0 Å². The van der Waals surface area contributed by atoms with Crippen LogP contribution < -0.4 is 10.2 Å². The van der Waals surface area contributed by atoms with Crippen LogP contribution >= 0.6 is 0 Å². The highest BCUT2D eigenvalue weighted by molar-refractivity contribution is 6.00. The molecule has 6 nitrogen and oxygen atoms in total. The molecule has 6 heteroatoms. The highest BCUT2D eigenvalue weighted by Gasteiger charge is 2.24. The Hall–Kier alpha value is -2.37. The number of amides is 2. The molecule has 0 bridgehead atoms. The van der Waals surface area contributed by atoms with Crippen molar-refractivity contribution in [3.05, 3.63) is 29.8 Å². The lowest BCUT2D eigenvalue weighted by Gasteiger charge is -2.23. The molecule has 1 aromatic rings. The summed E-state index contributed by atoms with van der Waals surface area (Å²) in [6.07, 6.45) is 2.00. The standard InChI is InChI=1S/C18H24N2O4/c1-18(2,3)24-17(23)11-19-15(21)12-20-14-9-5-4-7-13(14)8-6-10-16(20)22/h4-5,7,9H,6,8,10-12H2,1-3H3,(H,19,21). The lowest BCUT2D eigenvalue weighted by molar-refractivity contribution is -0.154. The molecule has 130 valence electrons. The van der Waals surface area contributed by atoms with E-state index in [2.05, 4.69) is 5.32 Å². The minimum absolute atomic E-state index is 0.0765. The largest absolute Gasteiger partial charge is 0.459 e. The molecule has 0 saturated heterocycles. The molecule has 1 heterocycles. The van der Waals surface area contributed by atoms with Gasteiger partial charge in [-0.3, -0.25) is 14.4 Å². The van der Waals surface area contributed by atoms with E-state index in [1.54, 1.807) is 20.8 Å². The van der Waals surface area contributed by atoms with Crippen LogP contribution in [-0.2, 0) is 25.5 Å². The van der Waals surface area contributed by atoms with Gasteiger partial charge in [-0.1, -0.05) is 18.2 Å². The van der Waals surface area contributed by atoms with E-state index in [1.807, 2.05) is 24.3 Å². The van der Waals surface area contributed by atoms with E-state index in [0.717, 1.165) is 24.1 Å². The molecule has 0 fully saturated rings. The Morgan fingerprint density at radius 2 is 1.92 bits per heavy atom. The third-order valence-corrected chi connectivity index (χ3v) is 3.57. The first kappa shape index (κ1) is 18.0. The maximum atomic E-state index is 12.3. The summed E-state index contributed by atoms with van der Waals surface area (Å²) in [4.78, 5) is 37.6. The van der Waals surface area contributed by atoms with Crippen molar-refractivity contribution in [1.29, 1.82) is 0 Å². The van der Waals surface area contributed by atoms with Gasteiger partial charge in [-0.25, -0.2) is 0 Å². The number of anilines is 1. The fourth-order valence-corrected chi connectivity index (χ4v) is 2.61. The van der Waals surface area contributed by atoms with Gasteiger partial charge in [0.15, 0.2) is 0 Å². The van der Waals surface area contributed by atoms with Crippen LogP contribution in [0.3, 0.4) is 0 Å². The normalized spacial score (nSPS) is 14.6. The minimum Gasteiger partial charge on any atom is -0.459 e. The van der Waals surface area contributed by atoms with E-state index < -0.39 is 11.6 Å². The number of carbonyl (C=O) groups is 3. The van der Waals surface area contributed by atoms with Gasteiger partial charge in [0.25, 0.3) is 0 Å². The predicted octanol–water partition coefficient (Wildman–Crippen LogP) is 1.81. The molecule has 24 heavy (non-hydrogen) atoms. The molecule has 1 N–H and O–H groups in total. The summed E-state index contributed by atoms with van der Waals surface area (Å²) < 4.78 is 5.14. The van der Waals surface area contributed by atoms with Gasteiger partial charge in [0, 0.05) is 12.1 Å². The Labute approximate surface area is 142 Å². The zero-order chi connectivity index (χ0) is 17.7. The SMILES string of the molecule is CC(C)(C)OC(=O)CNC(=O)CN1C(=O)CCCc2ccccc21. The number of benzene rings is 1. The molecule has 0 aromatic heterocycles. The lowest BCUT2D eigenvalue weighted by Crippen LogP contribution is -2.43. The second-order valence-electron chi connectivity index (χ2n) is 6.83. The maximum Gasteiger partial charge on any atom is 0.325 e. The number of nitrogens with zero attached hydrogens (tertiary/aromatic N) is 1. The van der Waals surface area contributed by atoms with E-state index in [0.29, 0.717) is 6.42 Å². The molecule has 0 spiro atoms. The predicted molar refractivity (Wildman–Crippen MR) is 90.6 cm³/mol. The van der Waals surface area contributed by atoms with E-state index >= 15 is 0 Å². The molecule has 1 aliphatic rings. The van der Waals surface area contributed by atoms with Crippen LogP contribution in [0.5, 0.6) is 0 Å². The summed E-state index contributed by atoms with van der Waals surface area (Å²) in [6, 6.07) is 7.59. The number of fused-ring (bicyclic) bond motifs is 1. The van der Waals surface area contributed by atoms with Gasteiger partial charge in [0.1, 0.15) is 18.7 Å². The molecule has 1 aliphatic heterocycles. The van der Waals surface area contributed by atoms with E-state index in [1.165, 1.54) is 4.90 Å². The van der Waals surface area contributed by atoms with Crippen molar-refractivity contribution in [2.24, 2.45) is 0 Å².